The molecule has 0 saturated carbocycles. The second kappa shape index (κ2) is 3.35. The van der Waals surface area contributed by atoms with Gasteiger partial charge in [0, 0.05) is 7.05 Å². The summed E-state index contributed by atoms with van der Waals surface area (Å²) in [4.78, 5) is 17.1. The standard InChI is InChI=1S/C12H11N3O2/c1-14-6-10-11(12(16)17)13-7-15(10)9-5-3-2-4-8(9)14/h2-5,7H,6H2,1H3,(H,16,17). The molecule has 17 heavy (non-hydrogen) atoms. The first-order valence-electron chi connectivity index (χ1n) is 5.28. The molecule has 0 saturated heterocycles. The van der Waals surface area contributed by atoms with Crippen molar-refractivity contribution in [2.24, 2.45) is 0 Å². The quantitative estimate of drug-likeness (QED) is 0.805. The smallest absolute Gasteiger partial charge is 0.356 e. The van der Waals surface area contributed by atoms with Crippen LogP contribution in [0.15, 0.2) is 30.6 Å². The van der Waals surface area contributed by atoms with E-state index >= 15 is 0 Å². The summed E-state index contributed by atoms with van der Waals surface area (Å²) in [7, 11) is 1.95. The SMILES string of the molecule is CN1Cc2c(C(=O)O)ncn2-c2ccccc21. The fourth-order valence-corrected chi connectivity index (χ4v) is 2.21. The van der Waals surface area contributed by atoms with Gasteiger partial charge in [0.25, 0.3) is 0 Å². The van der Waals surface area contributed by atoms with E-state index in [4.69, 9.17) is 5.11 Å². The highest BCUT2D eigenvalue weighted by atomic mass is 16.4. The molecule has 0 aliphatic carbocycles. The first-order valence-corrected chi connectivity index (χ1v) is 5.28. The minimum atomic E-state index is -0.980. The molecule has 0 atom stereocenters. The van der Waals surface area contributed by atoms with Gasteiger partial charge in [-0.05, 0) is 12.1 Å². The lowest BCUT2D eigenvalue weighted by atomic mass is 10.1. The maximum Gasteiger partial charge on any atom is 0.356 e. The number of carboxylic acids is 1. The van der Waals surface area contributed by atoms with E-state index in [1.165, 1.54) is 0 Å². The summed E-state index contributed by atoms with van der Waals surface area (Å²) in [6.45, 7) is 0.554. The Morgan fingerprint density at radius 3 is 2.76 bits per heavy atom. The fraction of sp³-hybridized carbons (Fsp3) is 0.167. The normalized spacial score (nSPS) is 13.1. The lowest BCUT2D eigenvalue weighted by Gasteiger charge is -2.28. The molecule has 5 nitrogen and oxygen atoms in total. The summed E-state index contributed by atoms with van der Waals surface area (Å²) in [5.74, 6) is -0.980. The van der Waals surface area contributed by atoms with Gasteiger partial charge >= 0.3 is 5.97 Å². The van der Waals surface area contributed by atoms with Crippen molar-refractivity contribution in [2.75, 3.05) is 11.9 Å². The third-order valence-electron chi connectivity index (χ3n) is 3.01. The van der Waals surface area contributed by atoms with Crippen LogP contribution < -0.4 is 4.90 Å². The van der Waals surface area contributed by atoms with Crippen molar-refractivity contribution in [3.05, 3.63) is 42.0 Å². The van der Waals surface area contributed by atoms with Gasteiger partial charge in [-0.25, -0.2) is 9.78 Å². The molecule has 0 fully saturated rings. The summed E-state index contributed by atoms with van der Waals surface area (Å²) in [6, 6.07) is 7.87. The summed E-state index contributed by atoms with van der Waals surface area (Å²) >= 11 is 0. The molecule has 0 spiro atoms. The van der Waals surface area contributed by atoms with Crippen LogP contribution in [0.1, 0.15) is 16.2 Å². The number of imidazole rings is 1. The van der Waals surface area contributed by atoms with Gasteiger partial charge in [-0.3, -0.25) is 4.57 Å². The van der Waals surface area contributed by atoms with Gasteiger partial charge in [0.15, 0.2) is 5.69 Å². The number of hydrogen-bond donors (Lipinski definition) is 1. The van der Waals surface area contributed by atoms with E-state index in [0.29, 0.717) is 6.54 Å². The molecule has 2 heterocycles. The Kier molecular flexibility index (Phi) is 1.95. The molecule has 1 aliphatic heterocycles. The van der Waals surface area contributed by atoms with Gasteiger partial charge in [0.1, 0.15) is 6.33 Å². The maximum atomic E-state index is 11.1. The van der Waals surface area contributed by atoms with E-state index in [0.717, 1.165) is 17.1 Å². The molecule has 0 radical (unpaired) electrons. The van der Waals surface area contributed by atoms with Crippen molar-refractivity contribution in [1.29, 1.82) is 0 Å². The topological polar surface area (TPSA) is 58.4 Å². The van der Waals surface area contributed by atoms with E-state index in [1.807, 2.05) is 40.8 Å². The minimum Gasteiger partial charge on any atom is -0.476 e. The molecule has 5 heteroatoms. The van der Waals surface area contributed by atoms with Crippen molar-refractivity contribution < 1.29 is 9.90 Å². The van der Waals surface area contributed by atoms with E-state index < -0.39 is 5.97 Å². The molecule has 1 aromatic heterocycles. The molecular formula is C12H11N3O2. The Morgan fingerprint density at radius 2 is 2.06 bits per heavy atom. The Hall–Kier alpha value is -2.30. The zero-order chi connectivity index (χ0) is 12.0. The van der Waals surface area contributed by atoms with Crippen LogP contribution in [-0.4, -0.2) is 27.7 Å². The largest absolute Gasteiger partial charge is 0.476 e. The van der Waals surface area contributed by atoms with E-state index in [2.05, 4.69) is 4.98 Å². The predicted octanol–water partition coefficient (Wildman–Crippen LogP) is 1.52. The van der Waals surface area contributed by atoms with Crippen LogP contribution in [-0.2, 0) is 6.54 Å². The second-order valence-electron chi connectivity index (χ2n) is 4.06. The van der Waals surface area contributed by atoms with Crippen molar-refractivity contribution in [2.45, 2.75) is 6.54 Å². The van der Waals surface area contributed by atoms with Crippen LogP contribution >= 0.6 is 0 Å². The number of anilines is 1. The fourth-order valence-electron chi connectivity index (χ4n) is 2.21. The summed E-state index contributed by atoms with van der Waals surface area (Å²) in [5.41, 5.74) is 2.90. The molecular weight excluding hydrogens is 218 g/mol. The second-order valence-corrected chi connectivity index (χ2v) is 4.06. The number of rotatable bonds is 1. The Morgan fingerprint density at radius 1 is 1.35 bits per heavy atom. The highest BCUT2D eigenvalue weighted by Gasteiger charge is 2.25. The number of carbonyl (C=O) groups is 1. The first-order chi connectivity index (χ1) is 8.18. The van der Waals surface area contributed by atoms with Crippen LogP contribution in [0.25, 0.3) is 5.69 Å². The van der Waals surface area contributed by atoms with E-state index in [1.54, 1.807) is 6.33 Å². The van der Waals surface area contributed by atoms with Crippen molar-refractivity contribution in [3.8, 4) is 5.69 Å². The minimum absolute atomic E-state index is 0.131. The number of aromatic carboxylic acids is 1. The summed E-state index contributed by atoms with van der Waals surface area (Å²) in [6.07, 6.45) is 1.57. The number of benzene rings is 1. The van der Waals surface area contributed by atoms with Gasteiger partial charge < -0.3 is 10.0 Å². The van der Waals surface area contributed by atoms with Crippen LogP contribution in [0.4, 0.5) is 5.69 Å². The van der Waals surface area contributed by atoms with Crippen LogP contribution in [0.3, 0.4) is 0 Å². The monoisotopic (exact) mass is 229 g/mol. The number of nitrogens with zero attached hydrogens (tertiary/aromatic N) is 3. The van der Waals surface area contributed by atoms with Crippen molar-refractivity contribution in [1.82, 2.24) is 9.55 Å². The van der Waals surface area contributed by atoms with Crippen LogP contribution in [0.2, 0.25) is 0 Å². The zero-order valence-electron chi connectivity index (χ0n) is 9.29. The van der Waals surface area contributed by atoms with E-state index in [-0.39, 0.29) is 5.69 Å². The van der Waals surface area contributed by atoms with Crippen molar-refractivity contribution in [3.63, 3.8) is 0 Å². The zero-order valence-corrected chi connectivity index (χ0v) is 9.29. The van der Waals surface area contributed by atoms with Gasteiger partial charge in [0.05, 0.1) is 23.6 Å². The molecule has 1 N–H and O–H groups in total. The molecule has 1 aliphatic rings. The summed E-state index contributed by atoms with van der Waals surface area (Å²) < 4.78 is 1.85. The summed E-state index contributed by atoms with van der Waals surface area (Å²) in [5, 5.41) is 9.07. The van der Waals surface area contributed by atoms with E-state index in [9.17, 15) is 4.79 Å². The average Bonchev–Trinajstić information content (AvgIpc) is 2.73. The Bertz CT molecular complexity index is 604. The number of hydrogen-bond acceptors (Lipinski definition) is 3. The molecule has 3 rings (SSSR count). The molecule has 0 bridgehead atoms. The number of aromatic nitrogens is 2. The highest BCUT2D eigenvalue weighted by molar-refractivity contribution is 5.87. The molecule has 86 valence electrons. The lowest BCUT2D eigenvalue weighted by molar-refractivity contribution is 0.0689. The molecule has 1 aromatic carbocycles. The van der Waals surface area contributed by atoms with Gasteiger partial charge in [-0.1, -0.05) is 12.1 Å². The van der Waals surface area contributed by atoms with Crippen molar-refractivity contribution >= 4 is 11.7 Å². The Balaban J connectivity index is 2.26. The average molecular weight is 229 g/mol. The third-order valence-corrected chi connectivity index (χ3v) is 3.01. The molecule has 0 amide bonds. The van der Waals surface area contributed by atoms with Crippen LogP contribution in [0, 0.1) is 0 Å². The number of carboxylic acid groups (broad SMARTS) is 1. The number of para-hydroxylation sites is 2. The van der Waals surface area contributed by atoms with Gasteiger partial charge in [0.2, 0.25) is 0 Å². The Labute approximate surface area is 97.9 Å². The van der Waals surface area contributed by atoms with Gasteiger partial charge in [-0.15, -0.1) is 0 Å². The predicted molar refractivity (Wildman–Crippen MR) is 62.6 cm³/mol. The third kappa shape index (κ3) is 1.32. The lowest BCUT2D eigenvalue weighted by Crippen LogP contribution is -2.26. The number of fused-ring (bicyclic) bond motifs is 3. The highest BCUT2D eigenvalue weighted by Crippen LogP contribution is 2.31. The molecule has 0 unspecified atom stereocenters. The maximum absolute atomic E-state index is 11.1. The molecule has 2 aromatic rings. The van der Waals surface area contributed by atoms with Crippen LogP contribution in [0.5, 0.6) is 0 Å². The first kappa shape index (κ1) is 9.89. The van der Waals surface area contributed by atoms with Gasteiger partial charge in [-0.2, -0.15) is 0 Å².